The van der Waals surface area contributed by atoms with Crippen LogP contribution in [-0.2, 0) is 4.79 Å². The molecule has 4 rings (SSSR count). The third-order valence-electron chi connectivity index (χ3n) is 6.25. The lowest BCUT2D eigenvalue weighted by molar-refractivity contribution is -0.126. The van der Waals surface area contributed by atoms with Gasteiger partial charge in [-0.2, -0.15) is 4.98 Å². The normalized spacial score (nSPS) is 16.2. The first-order valence-electron chi connectivity index (χ1n) is 11.6. The summed E-state index contributed by atoms with van der Waals surface area (Å²) in [6.45, 7) is 12.6. The van der Waals surface area contributed by atoms with Crippen LogP contribution >= 0.6 is 23.4 Å². The molecular weight excluding hydrogens is 503 g/mol. The molecule has 11 heteroatoms. The summed E-state index contributed by atoms with van der Waals surface area (Å²) in [5.41, 5.74) is 1.75. The fraction of sp³-hybridized carbons (Fsp3) is 0.400. The van der Waals surface area contributed by atoms with E-state index in [-0.39, 0.29) is 28.7 Å². The molecular formula is C25H28ClFN6O2S. The van der Waals surface area contributed by atoms with E-state index < -0.39 is 11.5 Å². The van der Waals surface area contributed by atoms with E-state index >= 15 is 0 Å². The molecule has 0 aliphatic carbocycles. The Kier molecular flexibility index (Phi) is 7.38. The first-order chi connectivity index (χ1) is 17.1. The van der Waals surface area contributed by atoms with Gasteiger partial charge in [-0.15, -0.1) is 11.8 Å². The van der Waals surface area contributed by atoms with E-state index in [1.165, 1.54) is 28.5 Å². The predicted molar refractivity (Wildman–Crippen MR) is 142 cm³/mol. The first kappa shape index (κ1) is 26.1. The second-order valence-corrected chi connectivity index (χ2v) is 10.3. The van der Waals surface area contributed by atoms with Crippen LogP contribution in [0.1, 0.15) is 38.1 Å². The highest BCUT2D eigenvalue weighted by atomic mass is 35.5. The van der Waals surface area contributed by atoms with Gasteiger partial charge in [-0.05, 0) is 44.2 Å². The van der Waals surface area contributed by atoms with Gasteiger partial charge in [0.2, 0.25) is 5.91 Å². The van der Waals surface area contributed by atoms with Gasteiger partial charge >= 0.3 is 5.69 Å². The number of piperazine rings is 1. The molecule has 1 aliphatic heterocycles. The Balaban J connectivity index is 1.99. The molecule has 0 bridgehead atoms. The zero-order valence-electron chi connectivity index (χ0n) is 20.9. The molecule has 36 heavy (non-hydrogen) atoms. The second-order valence-electron chi connectivity index (χ2n) is 9.07. The zero-order chi connectivity index (χ0) is 26.3. The molecule has 0 radical (unpaired) electrons. The molecule has 4 heterocycles. The SMILES string of the molecule is C=CC(=O)N1CCN(c2nc(=O)n(-c3c(SC)cc(C)nc3C(C)C)c3nc(Cl)c(F)cc23)[C@@H](C)C1. The van der Waals surface area contributed by atoms with Crippen LogP contribution in [-0.4, -0.2) is 62.3 Å². The quantitative estimate of drug-likeness (QED) is 0.275. The summed E-state index contributed by atoms with van der Waals surface area (Å²) in [6.07, 6.45) is 3.20. The summed E-state index contributed by atoms with van der Waals surface area (Å²) in [7, 11) is 0. The lowest BCUT2D eigenvalue weighted by Crippen LogP contribution is -2.54. The minimum Gasteiger partial charge on any atom is -0.350 e. The summed E-state index contributed by atoms with van der Waals surface area (Å²) in [5.74, 6) is -0.558. The van der Waals surface area contributed by atoms with Crippen molar-refractivity contribution in [2.75, 3.05) is 30.8 Å². The van der Waals surface area contributed by atoms with Crippen molar-refractivity contribution in [2.24, 2.45) is 0 Å². The maximum atomic E-state index is 14.7. The summed E-state index contributed by atoms with van der Waals surface area (Å²) in [5, 5.41) is 0.0216. The number of fused-ring (bicyclic) bond motifs is 1. The number of nitrogens with zero attached hydrogens (tertiary/aromatic N) is 6. The van der Waals surface area contributed by atoms with Crippen LogP contribution in [0.4, 0.5) is 10.2 Å². The Labute approximate surface area is 218 Å². The topological polar surface area (TPSA) is 84.2 Å². The number of aryl methyl sites for hydroxylation is 1. The predicted octanol–water partition coefficient (Wildman–Crippen LogP) is 4.35. The van der Waals surface area contributed by atoms with Gasteiger partial charge < -0.3 is 9.80 Å². The van der Waals surface area contributed by atoms with E-state index in [0.29, 0.717) is 42.2 Å². The molecule has 0 unspecified atom stereocenters. The van der Waals surface area contributed by atoms with Crippen molar-refractivity contribution >= 4 is 46.1 Å². The number of aromatic nitrogens is 4. The van der Waals surface area contributed by atoms with Gasteiger partial charge in [-0.3, -0.25) is 9.78 Å². The summed E-state index contributed by atoms with van der Waals surface area (Å²) < 4.78 is 16.1. The molecule has 0 N–H and O–H groups in total. The molecule has 0 saturated carbocycles. The van der Waals surface area contributed by atoms with E-state index in [4.69, 9.17) is 16.6 Å². The number of carbonyl (C=O) groups is 1. The average Bonchev–Trinajstić information content (AvgIpc) is 2.84. The van der Waals surface area contributed by atoms with Gasteiger partial charge in [0.1, 0.15) is 5.82 Å². The Morgan fingerprint density at radius 3 is 2.61 bits per heavy atom. The van der Waals surface area contributed by atoms with Crippen LogP contribution in [0.15, 0.2) is 34.5 Å². The lowest BCUT2D eigenvalue weighted by atomic mass is 10.1. The maximum absolute atomic E-state index is 14.7. The standard InChI is InChI=1S/C25H28ClFN6O2S/c1-7-19(34)31-8-9-32(15(5)12-31)23-16-11-17(27)22(26)29-24(16)33(25(35)30-23)21-18(36-6)10-14(4)28-20(21)13(2)3/h7,10-11,13,15H,1,8-9,12H2,2-6H3/t15-/m0/s1. The van der Waals surface area contributed by atoms with Crippen molar-refractivity contribution < 1.29 is 9.18 Å². The van der Waals surface area contributed by atoms with Crippen molar-refractivity contribution in [3.05, 3.63) is 57.6 Å². The van der Waals surface area contributed by atoms with E-state index in [9.17, 15) is 14.0 Å². The van der Waals surface area contributed by atoms with Crippen molar-refractivity contribution in [3.63, 3.8) is 0 Å². The number of hydrogen-bond donors (Lipinski definition) is 0. The molecule has 1 amide bonds. The number of anilines is 1. The minimum absolute atomic E-state index is 0.00107. The molecule has 190 valence electrons. The smallest absolute Gasteiger partial charge is 0.350 e. The molecule has 3 aromatic heterocycles. The largest absolute Gasteiger partial charge is 0.355 e. The van der Waals surface area contributed by atoms with Gasteiger partial charge in [0.25, 0.3) is 0 Å². The number of thioether (sulfide) groups is 1. The van der Waals surface area contributed by atoms with E-state index in [1.54, 1.807) is 4.90 Å². The molecule has 8 nitrogen and oxygen atoms in total. The van der Waals surface area contributed by atoms with Crippen LogP contribution in [0.25, 0.3) is 16.7 Å². The van der Waals surface area contributed by atoms with E-state index in [0.717, 1.165) is 10.6 Å². The molecule has 1 fully saturated rings. The number of rotatable bonds is 5. The van der Waals surface area contributed by atoms with Gasteiger partial charge in [0.15, 0.2) is 16.6 Å². The molecule has 3 aromatic rings. The van der Waals surface area contributed by atoms with Crippen molar-refractivity contribution in [2.45, 2.75) is 44.6 Å². The summed E-state index contributed by atoms with van der Waals surface area (Å²) in [4.78, 5) is 43.7. The zero-order valence-corrected chi connectivity index (χ0v) is 22.5. The second kappa shape index (κ2) is 10.2. The summed E-state index contributed by atoms with van der Waals surface area (Å²) in [6, 6.07) is 2.99. The number of pyridine rings is 2. The number of halogens is 2. The van der Waals surface area contributed by atoms with Crippen LogP contribution in [0.5, 0.6) is 0 Å². The Bertz CT molecular complexity index is 1430. The molecule has 0 spiro atoms. The van der Waals surface area contributed by atoms with E-state index in [1.807, 2.05) is 44.9 Å². The third-order valence-corrected chi connectivity index (χ3v) is 7.26. The van der Waals surface area contributed by atoms with E-state index in [2.05, 4.69) is 16.5 Å². The maximum Gasteiger partial charge on any atom is 0.355 e. The molecule has 1 aliphatic rings. The average molecular weight is 531 g/mol. The van der Waals surface area contributed by atoms with Crippen molar-refractivity contribution in [3.8, 4) is 5.69 Å². The highest BCUT2D eigenvalue weighted by molar-refractivity contribution is 7.98. The van der Waals surface area contributed by atoms with Crippen LogP contribution in [0.3, 0.4) is 0 Å². The third kappa shape index (κ3) is 4.59. The van der Waals surface area contributed by atoms with Crippen LogP contribution < -0.4 is 10.6 Å². The Hall–Kier alpha value is -2.98. The van der Waals surface area contributed by atoms with Gasteiger partial charge in [-0.25, -0.2) is 18.7 Å². The Morgan fingerprint density at radius 1 is 1.28 bits per heavy atom. The van der Waals surface area contributed by atoms with Gasteiger partial charge in [0.05, 0.1) is 16.8 Å². The minimum atomic E-state index is -0.707. The monoisotopic (exact) mass is 530 g/mol. The number of amides is 1. The molecule has 0 aromatic carbocycles. The highest BCUT2D eigenvalue weighted by Gasteiger charge is 2.30. The lowest BCUT2D eigenvalue weighted by Gasteiger charge is -2.40. The van der Waals surface area contributed by atoms with Crippen molar-refractivity contribution in [1.82, 2.24) is 24.4 Å². The Morgan fingerprint density at radius 2 is 2.00 bits per heavy atom. The van der Waals surface area contributed by atoms with Crippen molar-refractivity contribution in [1.29, 1.82) is 0 Å². The van der Waals surface area contributed by atoms with Crippen LogP contribution in [0, 0.1) is 12.7 Å². The first-order valence-corrected chi connectivity index (χ1v) is 13.2. The molecule has 1 saturated heterocycles. The number of carbonyl (C=O) groups excluding carboxylic acids is 1. The van der Waals surface area contributed by atoms with Gasteiger partial charge in [0, 0.05) is 36.3 Å². The highest BCUT2D eigenvalue weighted by Crippen LogP contribution is 2.35. The fourth-order valence-electron chi connectivity index (χ4n) is 4.55. The van der Waals surface area contributed by atoms with Crippen LogP contribution in [0.2, 0.25) is 5.15 Å². The number of hydrogen-bond acceptors (Lipinski definition) is 7. The molecule has 1 atom stereocenters. The fourth-order valence-corrected chi connectivity index (χ4v) is 5.36. The summed E-state index contributed by atoms with van der Waals surface area (Å²) >= 11 is 7.61. The van der Waals surface area contributed by atoms with Gasteiger partial charge in [-0.1, -0.05) is 32.0 Å².